The molecule has 0 aromatic carbocycles. The monoisotopic (exact) mass is 408 g/mol. The topological polar surface area (TPSA) is 36.9 Å². The second-order valence-electron chi connectivity index (χ2n) is 5.30. The Morgan fingerprint density at radius 1 is 0.682 bits per heavy atom. The molecular weight excluding hydrogens is 397 g/mol. The molecule has 9 heteroatoms. The van der Waals surface area contributed by atoms with Crippen LogP contribution < -0.4 is 0 Å². The Morgan fingerprint density at radius 3 is 1.45 bits per heavy atom. The third kappa shape index (κ3) is 1.24. The highest BCUT2D eigenvalue weighted by atomic mass is 35.5. The summed E-state index contributed by atoms with van der Waals surface area (Å²) in [5.74, 6) is -2.06. The summed E-state index contributed by atoms with van der Waals surface area (Å²) in [6.45, 7) is 0. The van der Waals surface area contributed by atoms with Crippen LogP contribution in [0, 0.1) is 5.92 Å². The first-order chi connectivity index (χ1) is 10.2. The molecule has 0 radical (unpaired) electrons. The zero-order valence-electron chi connectivity index (χ0n) is 12.1. The van der Waals surface area contributed by atoms with Crippen LogP contribution in [0.1, 0.15) is 0 Å². The molecule has 1 fully saturated rings. The van der Waals surface area contributed by atoms with E-state index in [9.17, 15) is 0 Å². The van der Waals surface area contributed by atoms with Crippen LogP contribution >= 0.6 is 58.0 Å². The summed E-state index contributed by atoms with van der Waals surface area (Å²) in [7, 11) is 5.81. The molecular formula is C13H13Cl5O4. The second-order valence-corrected chi connectivity index (χ2v) is 7.38. The smallest absolute Gasteiger partial charge is 0.215 e. The lowest BCUT2D eigenvalue weighted by Gasteiger charge is -2.74. The molecule has 0 aromatic rings. The van der Waals surface area contributed by atoms with Gasteiger partial charge in [0.15, 0.2) is 4.87 Å². The lowest BCUT2D eigenvalue weighted by molar-refractivity contribution is -0.340. The summed E-state index contributed by atoms with van der Waals surface area (Å²) in [4.78, 5) is -1.30. The largest absolute Gasteiger partial charge is 0.370 e. The Bertz CT molecular complexity index is 616. The Morgan fingerprint density at radius 2 is 1.09 bits per heavy atom. The summed E-state index contributed by atoms with van der Waals surface area (Å²) in [6, 6.07) is 0. The van der Waals surface area contributed by atoms with Crippen molar-refractivity contribution < 1.29 is 18.9 Å². The fourth-order valence-electron chi connectivity index (χ4n) is 4.19. The van der Waals surface area contributed by atoms with Crippen molar-refractivity contribution in [3.05, 3.63) is 20.1 Å². The van der Waals surface area contributed by atoms with Crippen LogP contribution in [-0.2, 0) is 18.9 Å². The van der Waals surface area contributed by atoms with E-state index in [0.29, 0.717) is 0 Å². The van der Waals surface area contributed by atoms with Crippen LogP contribution in [0.5, 0.6) is 0 Å². The van der Waals surface area contributed by atoms with Gasteiger partial charge in [-0.1, -0.05) is 46.4 Å². The maximum absolute atomic E-state index is 6.79. The maximum atomic E-state index is 6.79. The Kier molecular flexibility index (Phi) is 3.92. The molecule has 3 aliphatic carbocycles. The fraction of sp³-hybridized carbons (Fsp3) is 0.692. The van der Waals surface area contributed by atoms with Gasteiger partial charge in [0.05, 0.1) is 26.0 Å². The van der Waals surface area contributed by atoms with Crippen molar-refractivity contribution in [2.45, 2.75) is 21.9 Å². The second kappa shape index (κ2) is 4.90. The number of halogens is 5. The van der Waals surface area contributed by atoms with Crippen LogP contribution in [0.2, 0.25) is 0 Å². The quantitative estimate of drug-likeness (QED) is 0.522. The number of hydrogen-bond donors (Lipinski definition) is 0. The number of methoxy groups -OCH3 is 4. The third-order valence-electron chi connectivity index (χ3n) is 5.11. The molecule has 3 rings (SSSR count). The summed E-state index contributed by atoms with van der Waals surface area (Å²) in [5.41, 5.74) is -2.43. The molecule has 124 valence electrons. The highest BCUT2D eigenvalue weighted by molar-refractivity contribution is 6.53. The Balaban J connectivity index is 2.34. The summed E-state index contributed by atoms with van der Waals surface area (Å²) in [6.07, 6.45) is 0. The standard InChI is InChI=1S/C13H13Cl5O4/c1-19-10-5(14)7(16)12(21-3,22-4)9(10)11(20-2)6(15)8(17)13(10,11)18/h9H,1-4H3/t9-,10-,11+,13-/m1/s1. The molecule has 22 heavy (non-hydrogen) atoms. The highest BCUT2D eigenvalue weighted by Gasteiger charge is 2.96. The average Bonchev–Trinajstić information content (AvgIpc) is 2.72. The van der Waals surface area contributed by atoms with E-state index in [0.717, 1.165) is 0 Å². The summed E-state index contributed by atoms with van der Waals surface area (Å²) < 4.78 is 22.5. The molecule has 0 unspecified atom stereocenters. The molecule has 0 amide bonds. The average molecular weight is 411 g/mol. The minimum Gasteiger partial charge on any atom is -0.370 e. The first kappa shape index (κ1) is 17.6. The van der Waals surface area contributed by atoms with Crippen LogP contribution in [0.4, 0.5) is 0 Å². The van der Waals surface area contributed by atoms with E-state index in [2.05, 4.69) is 0 Å². The Hall–Kier alpha value is 0.770. The normalized spacial score (nSPS) is 45.4. The number of rotatable bonds is 4. The van der Waals surface area contributed by atoms with Crippen molar-refractivity contribution in [2.24, 2.45) is 5.92 Å². The molecule has 3 aliphatic rings. The summed E-state index contributed by atoms with van der Waals surface area (Å²) >= 11 is 32.3. The lowest BCUT2D eigenvalue weighted by Crippen LogP contribution is -2.91. The molecule has 0 aliphatic heterocycles. The van der Waals surface area contributed by atoms with Gasteiger partial charge in [-0.2, -0.15) is 0 Å². The molecule has 4 atom stereocenters. The van der Waals surface area contributed by atoms with Crippen molar-refractivity contribution in [3.8, 4) is 0 Å². The third-order valence-corrected chi connectivity index (χ3v) is 8.02. The minimum atomic E-state index is -1.40. The number of alkyl halides is 1. The van der Waals surface area contributed by atoms with Crippen molar-refractivity contribution in [1.82, 2.24) is 0 Å². The minimum absolute atomic E-state index is 0.130. The van der Waals surface area contributed by atoms with Gasteiger partial charge in [0.1, 0.15) is 11.2 Å². The molecule has 1 saturated carbocycles. The lowest BCUT2D eigenvalue weighted by atomic mass is 9.43. The van der Waals surface area contributed by atoms with Gasteiger partial charge in [-0.05, 0) is 0 Å². The molecule has 0 bridgehead atoms. The SMILES string of the molecule is COC1(OC)C(Cl)=C(Cl)[C@@]2(OC)[C@@H]1[C@@]1(OC)C(Cl)=C(Cl)[C@@]21Cl. The Labute approximate surface area is 153 Å². The van der Waals surface area contributed by atoms with Gasteiger partial charge in [0, 0.05) is 28.4 Å². The van der Waals surface area contributed by atoms with E-state index in [4.69, 9.17) is 77.0 Å². The van der Waals surface area contributed by atoms with Crippen molar-refractivity contribution in [2.75, 3.05) is 28.4 Å². The predicted molar refractivity (Wildman–Crippen MR) is 85.8 cm³/mol. The molecule has 0 heterocycles. The van der Waals surface area contributed by atoms with Gasteiger partial charge >= 0.3 is 0 Å². The van der Waals surface area contributed by atoms with Crippen molar-refractivity contribution in [1.29, 1.82) is 0 Å². The molecule has 0 saturated heterocycles. The van der Waals surface area contributed by atoms with E-state index < -0.39 is 27.8 Å². The highest BCUT2D eigenvalue weighted by Crippen LogP contribution is 2.83. The molecule has 4 nitrogen and oxygen atoms in total. The van der Waals surface area contributed by atoms with Gasteiger partial charge in [0.25, 0.3) is 0 Å². The van der Waals surface area contributed by atoms with Gasteiger partial charge in [0.2, 0.25) is 5.79 Å². The molecule has 0 spiro atoms. The zero-order valence-corrected chi connectivity index (χ0v) is 15.9. The van der Waals surface area contributed by atoms with Gasteiger partial charge in [-0.3, -0.25) is 0 Å². The van der Waals surface area contributed by atoms with E-state index in [-0.39, 0.29) is 20.1 Å². The molecule has 0 aromatic heterocycles. The first-order valence-corrected chi connectivity index (χ1v) is 8.15. The van der Waals surface area contributed by atoms with Gasteiger partial charge in [-0.15, -0.1) is 11.6 Å². The van der Waals surface area contributed by atoms with Crippen LogP contribution in [0.3, 0.4) is 0 Å². The first-order valence-electron chi connectivity index (χ1n) is 6.26. The van der Waals surface area contributed by atoms with E-state index in [1.807, 2.05) is 0 Å². The number of fused-ring (bicyclic) bond motifs is 4. The zero-order chi connectivity index (χ0) is 16.7. The van der Waals surface area contributed by atoms with Gasteiger partial charge < -0.3 is 18.9 Å². The van der Waals surface area contributed by atoms with E-state index >= 15 is 0 Å². The fourth-order valence-corrected chi connectivity index (χ4v) is 6.74. The predicted octanol–water partition coefficient (Wildman–Crippen LogP) is 3.76. The maximum Gasteiger partial charge on any atom is 0.215 e. The van der Waals surface area contributed by atoms with Crippen LogP contribution in [0.25, 0.3) is 0 Å². The molecule has 0 N–H and O–H groups in total. The number of ether oxygens (including phenoxy) is 4. The van der Waals surface area contributed by atoms with E-state index in [1.165, 1.54) is 28.4 Å². The van der Waals surface area contributed by atoms with Crippen LogP contribution in [-0.4, -0.2) is 50.3 Å². The van der Waals surface area contributed by atoms with Crippen molar-refractivity contribution >= 4 is 58.0 Å². The van der Waals surface area contributed by atoms with Gasteiger partial charge in [-0.25, -0.2) is 0 Å². The summed E-state index contributed by atoms with van der Waals surface area (Å²) in [5, 5.41) is 0.765. The van der Waals surface area contributed by atoms with Crippen molar-refractivity contribution in [3.63, 3.8) is 0 Å². The van der Waals surface area contributed by atoms with E-state index in [1.54, 1.807) is 0 Å². The van der Waals surface area contributed by atoms with Crippen LogP contribution in [0.15, 0.2) is 20.1 Å². The number of hydrogen-bond acceptors (Lipinski definition) is 4.